The van der Waals surface area contributed by atoms with Crippen molar-refractivity contribution in [3.05, 3.63) is 23.8 Å². The zero-order valence-electron chi connectivity index (χ0n) is 23.2. The van der Waals surface area contributed by atoms with Gasteiger partial charge in [0.25, 0.3) is 0 Å². The molecule has 0 saturated heterocycles. The maximum absolute atomic E-state index is 16.9. The second kappa shape index (κ2) is 12.3. The minimum Gasteiger partial charge on any atom is -1.00 e. The second-order valence-electron chi connectivity index (χ2n) is 10.3. The van der Waals surface area contributed by atoms with Gasteiger partial charge in [0, 0.05) is 16.7 Å². The van der Waals surface area contributed by atoms with Crippen molar-refractivity contribution in [2.24, 2.45) is 28.6 Å². The van der Waals surface area contributed by atoms with Gasteiger partial charge in [0.05, 0.1) is 6.10 Å². The Hall–Kier alpha value is 1.03. The minimum absolute atomic E-state index is 0. The third kappa shape index (κ3) is 5.61. The number of carbonyl (C=O) groups excluding carboxylic acids is 2. The summed E-state index contributed by atoms with van der Waals surface area (Å²) < 4.78 is 25.7. The van der Waals surface area contributed by atoms with Gasteiger partial charge in [-0.2, -0.15) is 0 Å². The van der Waals surface area contributed by atoms with E-state index in [1.54, 1.807) is 26.8 Å². The Bertz CT molecular complexity index is 980. The van der Waals surface area contributed by atoms with E-state index >= 15 is 4.39 Å². The van der Waals surface area contributed by atoms with Gasteiger partial charge in [-0.1, -0.05) is 25.5 Å². The van der Waals surface area contributed by atoms with Crippen molar-refractivity contribution >= 4 is 31.8 Å². The van der Waals surface area contributed by atoms with E-state index in [1.807, 2.05) is 0 Å². The number of rotatable bonds is 2. The molecule has 0 unspecified atom stereocenters. The van der Waals surface area contributed by atoms with Crippen LogP contribution >= 0.6 is 20.2 Å². The van der Waals surface area contributed by atoms with Crippen molar-refractivity contribution < 1.29 is 111 Å². The van der Waals surface area contributed by atoms with Crippen molar-refractivity contribution in [3.63, 3.8) is 0 Å². The zero-order chi connectivity index (χ0) is 25.2. The van der Waals surface area contributed by atoms with E-state index in [4.69, 9.17) is 19.2 Å². The van der Waals surface area contributed by atoms with E-state index in [0.717, 1.165) is 0 Å². The molecule has 0 spiro atoms. The Morgan fingerprint density at radius 2 is 1.75 bits per heavy atom. The van der Waals surface area contributed by atoms with Crippen molar-refractivity contribution in [2.75, 3.05) is 6.61 Å². The van der Waals surface area contributed by atoms with Crippen LogP contribution in [0.3, 0.4) is 0 Å². The summed E-state index contributed by atoms with van der Waals surface area (Å²) in [6, 6.07) is 0. The number of halogens is 2. The average molecular weight is 575 g/mol. The van der Waals surface area contributed by atoms with Crippen LogP contribution < -0.4 is 59.1 Å². The molecular weight excluding hydrogens is 540 g/mol. The Labute approximate surface area is 263 Å². The number of hydrogen-bond donors (Lipinski definition) is 6. The first-order valence-electron chi connectivity index (χ1n) is 10.9. The van der Waals surface area contributed by atoms with Gasteiger partial charge in [0.15, 0.2) is 17.2 Å². The molecule has 36 heavy (non-hydrogen) atoms. The van der Waals surface area contributed by atoms with Crippen LogP contribution in [-0.4, -0.2) is 65.5 Å². The fourth-order valence-electron chi connectivity index (χ4n) is 7.26. The molecule has 0 aromatic rings. The van der Waals surface area contributed by atoms with Crippen molar-refractivity contribution in [1.29, 1.82) is 0 Å². The summed E-state index contributed by atoms with van der Waals surface area (Å²) in [6.45, 7) is 4.48. The summed E-state index contributed by atoms with van der Waals surface area (Å²) in [6.07, 6.45) is 4.44. The number of allylic oxidation sites excluding steroid dienone is 4. The first-order valence-corrected chi connectivity index (χ1v) is 12.5. The quantitative estimate of drug-likeness (QED) is 0.141. The Morgan fingerprint density at radius 3 is 2.25 bits per heavy atom. The summed E-state index contributed by atoms with van der Waals surface area (Å²) in [5.41, 5.74) is -5.17. The Kier molecular flexibility index (Phi) is 12.6. The fourth-order valence-corrected chi connectivity index (χ4v) is 7.26. The molecule has 198 valence electrons. The molecule has 14 heteroatoms. The fraction of sp³-hybridized carbons (Fsp3) is 0.727. The molecule has 0 amide bonds. The van der Waals surface area contributed by atoms with Crippen LogP contribution in [0.4, 0.5) is 4.39 Å². The maximum atomic E-state index is 16.9. The van der Waals surface area contributed by atoms with Crippen LogP contribution in [-0.2, 0) is 14.2 Å². The number of ketones is 2. The van der Waals surface area contributed by atoms with Crippen LogP contribution in [0.1, 0.15) is 49.3 Å². The monoisotopic (exact) mass is 574 g/mol. The van der Waals surface area contributed by atoms with Gasteiger partial charge in [-0.3, -0.25) is 9.59 Å². The van der Waals surface area contributed by atoms with Crippen molar-refractivity contribution in [3.8, 4) is 0 Å². The van der Waals surface area contributed by atoms with Gasteiger partial charge >= 0.3 is 66.9 Å². The van der Waals surface area contributed by atoms with Crippen LogP contribution in [0.2, 0.25) is 0 Å². The molecule has 4 aliphatic rings. The molecule has 3 fully saturated rings. The zero-order valence-corrected chi connectivity index (χ0v) is 26.9. The molecule has 4 aliphatic carbocycles. The van der Waals surface area contributed by atoms with E-state index in [9.17, 15) is 24.9 Å². The maximum Gasteiger partial charge on any atom is 1.00 e. The van der Waals surface area contributed by atoms with E-state index in [2.05, 4.69) is 0 Å². The number of hydrogen-bond acceptors (Lipinski definition) is 6. The third-order valence-corrected chi connectivity index (χ3v) is 8.79. The summed E-state index contributed by atoms with van der Waals surface area (Å²) in [5.74, 6) is -2.12. The molecular formula is C22H35ClFNa2O9P. The molecule has 0 bridgehead atoms. The molecule has 0 aromatic carbocycles. The number of fused-ring (bicyclic) bond motifs is 5. The molecule has 0 aliphatic heterocycles. The van der Waals surface area contributed by atoms with Gasteiger partial charge in [0.2, 0.25) is 0 Å². The molecule has 0 heterocycles. The predicted octanol–water partition coefficient (Wildman–Crippen LogP) is -4.38. The number of aliphatic hydroxyl groups excluding tert-OH is 2. The summed E-state index contributed by atoms with van der Waals surface area (Å²) in [4.78, 5) is 45.9. The molecule has 0 aromatic heterocycles. The molecule has 8 atom stereocenters. The van der Waals surface area contributed by atoms with Gasteiger partial charge in [-0.25, -0.2) is 8.96 Å². The average Bonchev–Trinajstić information content (AvgIpc) is 2.89. The topological polar surface area (TPSA) is 173 Å². The second-order valence-corrected chi connectivity index (χ2v) is 11.3. The third-order valence-electron chi connectivity index (χ3n) is 8.79. The molecule has 3 saturated carbocycles. The number of aliphatic hydroxyl groups is 3. The summed E-state index contributed by atoms with van der Waals surface area (Å²) >= 11 is 0. The normalized spacial score (nSPS) is 42.5. The molecule has 9 nitrogen and oxygen atoms in total. The van der Waals surface area contributed by atoms with E-state index in [1.165, 1.54) is 12.2 Å². The van der Waals surface area contributed by atoms with Crippen LogP contribution in [0.5, 0.6) is 0 Å². The molecule has 0 radical (unpaired) electrons. The number of alkyl halides is 1. The number of Topliss-reactive ketones (excluding diaryl/α,β-unsaturated/α-hetero) is 1. The Balaban J connectivity index is -0.00000113. The number of carbonyl (C=O) groups is 2. The standard InChI is InChI=1S/C22H29FO5.ClH.2Na.H3O4P.2H/c1-12-8-16-15-5-4-13-9-14(25)6-7-19(13,2)21(15,23)17(26)10-20(16,3)22(12,28)18(27)11-24;;;;1-5(2,3)4;;/h6-7,9,12,15-17,24,26,28H,4-5,8,10-11H2,1-3H3;1H;;;(H3,1,2,3,4);;/q;;2*+1;;2*-1/t12-,15+,16+,17+,19+,20+,21+,22+;;;;;;/m1....../s1. The van der Waals surface area contributed by atoms with Crippen molar-refractivity contribution in [1.82, 2.24) is 0 Å². The smallest absolute Gasteiger partial charge is 1.00 e. The Morgan fingerprint density at radius 1 is 1.22 bits per heavy atom. The van der Waals surface area contributed by atoms with Crippen LogP contribution in [0, 0.1) is 28.6 Å². The van der Waals surface area contributed by atoms with E-state index in [-0.39, 0.29) is 92.5 Å². The van der Waals surface area contributed by atoms with E-state index in [0.29, 0.717) is 24.8 Å². The van der Waals surface area contributed by atoms with E-state index < -0.39 is 60.3 Å². The van der Waals surface area contributed by atoms with Gasteiger partial charge in [0.1, 0.15) is 12.2 Å². The van der Waals surface area contributed by atoms with Gasteiger partial charge in [-0.15, -0.1) is 12.4 Å². The largest absolute Gasteiger partial charge is 1.00 e. The predicted molar refractivity (Wildman–Crippen MR) is 124 cm³/mol. The van der Waals surface area contributed by atoms with Crippen molar-refractivity contribution in [2.45, 2.75) is 63.8 Å². The first kappa shape index (κ1) is 37.0. The molecule has 4 rings (SSSR count). The van der Waals surface area contributed by atoms with Gasteiger partial charge in [-0.05, 0) is 56.6 Å². The SMILES string of the molecule is C[C@@H]1C[C@H]2[C@@H]3CCC4=CC(=O)C=C[C@]4(C)[C@@]3(F)[C@@H](O)C[C@]2(C)[C@@]1(O)C(=O)CO.Cl.O=P(O)(O)O.[H-].[H-].[Na+].[Na+]. The summed E-state index contributed by atoms with van der Waals surface area (Å²) in [7, 11) is -4.64. The number of phosphoric acid groups is 1. The van der Waals surface area contributed by atoms with Crippen LogP contribution in [0.15, 0.2) is 23.8 Å². The van der Waals surface area contributed by atoms with Gasteiger partial charge < -0.3 is 32.9 Å². The first-order chi connectivity index (χ1) is 15.0. The summed E-state index contributed by atoms with van der Waals surface area (Å²) in [5, 5.41) is 32.0. The van der Waals surface area contributed by atoms with Crippen LogP contribution in [0.25, 0.3) is 0 Å². The minimum atomic E-state index is -4.64. The molecule has 6 N–H and O–H groups in total.